The Hall–Kier alpha value is -2.10. The molecule has 0 radical (unpaired) electrons. The number of carbonyl (C=O) groups is 2. The van der Waals surface area contributed by atoms with E-state index in [-0.39, 0.29) is 64.8 Å². The fourth-order valence-electron chi connectivity index (χ4n) is 12.4. The Bertz CT molecular complexity index is 1480. The van der Waals surface area contributed by atoms with Crippen LogP contribution in [0.4, 0.5) is 0 Å². The summed E-state index contributed by atoms with van der Waals surface area (Å²) in [6, 6.07) is 6.99. The van der Waals surface area contributed by atoms with Crippen LogP contribution in [0.3, 0.4) is 0 Å². The number of phenols is 1. The molecule has 0 bridgehead atoms. The molecule has 4 aliphatic carbocycles. The van der Waals surface area contributed by atoms with Gasteiger partial charge in [0.25, 0.3) is 0 Å². The van der Waals surface area contributed by atoms with Crippen molar-refractivity contribution in [1.29, 1.82) is 0 Å². The number of rotatable bonds is 10. The van der Waals surface area contributed by atoms with Crippen molar-refractivity contribution < 1.29 is 34.8 Å². The predicted molar refractivity (Wildman–Crippen MR) is 184 cm³/mol. The zero-order valence-electron chi connectivity index (χ0n) is 30.3. The van der Waals surface area contributed by atoms with E-state index in [1.54, 1.807) is 19.1 Å². The van der Waals surface area contributed by atoms with Gasteiger partial charge in [0.1, 0.15) is 17.6 Å². The summed E-state index contributed by atoms with van der Waals surface area (Å²) in [6.07, 6.45) is 2.87. The van der Waals surface area contributed by atoms with Gasteiger partial charge in [-0.25, -0.2) is 0 Å². The summed E-state index contributed by atoms with van der Waals surface area (Å²) in [5.41, 5.74) is 0.551. The van der Waals surface area contributed by atoms with E-state index in [4.69, 9.17) is 4.74 Å². The lowest BCUT2D eigenvalue weighted by Gasteiger charge is -2.71. The predicted octanol–water partition coefficient (Wildman–Crippen LogP) is 5.46. The lowest BCUT2D eigenvalue weighted by atomic mass is 9.33. The van der Waals surface area contributed by atoms with Gasteiger partial charge >= 0.3 is 0 Å². The lowest BCUT2D eigenvalue weighted by Crippen LogP contribution is -2.70. The number of fused-ring (bicyclic) bond motifs is 5. The van der Waals surface area contributed by atoms with Gasteiger partial charge in [0.15, 0.2) is 5.78 Å². The van der Waals surface area contributed by atoms with Crippen molar-refractivity contribution in [3.63, 3.8) is 0 Å². The fraction of sp³-hybridized carbons (Fsp3) is 0.750. The molecule has 3 saturated carbocycles. The van der Waals surface area contributed by atoms with E-state index in [0.29, 0.717) is 38.6 Å². The molecule has 1 saturated heterocycles. The number of aromatic hydroxyl groups is 1. The van der Waals surface area contributed by atoms with Crippen LogP contribution < -0.4 is 5.32 Å². The number of aliphatic hydroxyl groups excluding tert-OH is 3. The highest BCUT2D eigenvalue weighted by Crippen LogP contribution is 2.75. The van der Waals surface area contributed by atoms with Gasteiger partial charge in [-0.1, -0.05) is 52.3 Å². The molecule has 0 aromatic heterocycles. The summed E-state index contributed by atoms with van der Waals surface area (Å²) in [7, 11) is 0. The molecule has 1 aromatic rings. The minimum Gasteiger partial charge on any atom is -0.508 e. The van der Waals surface area contributed by atoms with E-state index in [2.05, 4.69) is 39.9 Å². The van der Waals surface area contributed by atoms with Gasteiger partial charge in [-0.05, 0) is 111 Å². The maximum atomic E-state index is 14.5. The zero-order valence-corrected chi connectivity index (χ0v) is 30.3. The van der Waals surface area contributed by atoms with Gasteiger partial charge in [-0.15, -0.1) is 0 Å². The number of hydrogen-bond acceptors (Lipinski definition) is 8. The second-order valence-electron chi connectivity index (χ2n) is 17.9. The van der Waals surface area contributed by atoms with Crippen molar-refractivity contribution in [1.82, 2.24) is 5.32 Å². The van der Waals surface area contributed by atoms with Crippen LogP contribution in [0.15, 0.2) is 35.4 Å². The molecule has 0 spiro atoms. The number of Topliss-reactive ketones (excluding diaryl/α,β-unsaturated/α-hetero) is 2. The molecule has 11 atom stereocenters. The van der Waals surface area contributed by atoms with Crippen LogP contribution in [-0.4, -0.2) is 75.1 Å². The number of ether oxygens (including phenoxy) is 1. The number of ketones is 2. The van der Waals surface area contributed by atoms with Crippen molar-refractivity contribution in [2.24, 2.45) is 39.4 Å². The van der Waals surface area contributed by atoms with Crippen molar-refractivity contribution in [3.05, 3.63) is 41.0 Å². The topological polar surface area (TPSA) is 140 Å². The van der Waals surface area contributed by atoms with Crippen LogP contribution in [-0.2, 0) is 14.3 Å². The van der Waals surface area contributed by atoms with Crippen molar-refractivity contribution >= 4 is 11.6 Å². The average molecular weight is 666 g/mol. The summed E-state index contributed by atoms with van der Waals surface area (Å²) >= 11 is 0. The summed E-state index contributed by atoms with van der Waals surface area (Å²) in [5.74, 6) is 0.0443. The third-order valence-electron chi connectivity index (χ3n) is 14.1. The van der Waals surface area contributed by atoms with Crippen LogP contribution in [0.25, 0.3) is 0 Å². The normalized spacial score (nSPS) is 40.1. The highest BCUT2D eigenvalue weighted by atomic mass is 16.6. The Morgan fingerprint density at radius 2 is 1.73 bits per heavy atom. The molecule has 1 heterocycles. The number of allylic oxidation sites excluding steroid dienone is 2. The van der Waals surface area contributed by atoms with Crippen LogP contribution in [0.5, 0.6) is 5.75 Å². The first-order valence-electron chi connectivity index (χ1n) is 18.3. The molecule has 8 nitrogen and oxygen atoms in total. The SMILES string of the molecule is C[C@H](O)CN[C@@H]1C[C@@]2(CCO)[C@@H](CCC3=C([C@H](C)C[C@@H](O)[C@@H]4OC4(C)C)C(=O)C[C@@]32C)[C@@]2(C)C[C@@H](c3cccc(O)c3)C(=O)C(C)(C)[C@H]12. The van der Waals surface area contributed by atoms with Gasteiger partial charge in [0, 0.05) is 42.4 Å². The lowest BCUT2D eigenvalue weighted by molar-refractivity contribution is -0.203. The molecule has 5 N–H and O–H groups in total. The van der Waals surface area contributed by atoms with E-state index in [0.717, 1.165) is 24.0 Å². The average Bonchev–Trinajstić information content (AvgIpc) is 3.53. The maximum absolute atomic E-state index is 14.5. The number of carbonyl (C=O) groups excluding carboxylic acids is 2. The second-order valence-corrected chi connectivity index (χ2v) is 17.9. The molecule has 1 aromatic carbocycles. The minimum atomic E-state index is -0.706. The van der Waals surface area contributed by atoms with E-state index in [9.17, 15) is 30.0 Å². The number of aliphatic hydroxyl groups is 3. The summed E-state index contributed by atoms with van der Waals surface area (Å²) in [5, 5.41) is 46.5. The van der Waals surface area contributed by atoms with Gasteiger partial charge in [-0.3, -0.25) is 9.59 Å². The van der Waals surface area contributed by atoms with Crippen LogP contribution in [0.1, 0.15) is 112 Å². The molecule has 5 aliphatic rings. The third-order valence-corrected chi connectivity index (χ3v) is 14.1. The van der Waals surface area contributed by atoms with Gasteiger partial charge in [0.05, 0.1) is 17.8 Å². The Morgan fingerprint density at radius 3 is 2.33 bits per heavy atom. The standard InChI is InChI=1S/C40H59NO7/c1-22(16-29(45)35-37(5,6)48-35)32-27-12-13-31-38(7)18-26(24-10-9-11-25(44)17-24)34(47)36(3,4)33(38)28(41-21-23(2)43)19-40(31,14-15-42)39(27,8)20-30(32)46/h9-11,17,22-23,26,28-29,31,33,35,41-45H,12-16,18-21H2,1-8H3/t22-,23+,26+,28-,29-,31+,33+,35+,38-,39+,40+/m1/s1. The molecule has 1 aliphatic heterocycles. The summed E-state index contributed by atoms with van der Waals surface area (Å²) < 4.78 is 5.74. The zero-order chi connectivity index (χ0) is 35.2. The van der Waals surface area contributed by atoms with E-state index >= 15 is 0 Å². The first-order valence-corrected chi connectivity index (χ1v) is 18.3. The first-order chi connectivity index (χ1) is 22.3. The highest BCUT2D eigenvalue weighted by molar-refractivity contribution is 6.00. The van der Waals surface area contributed by atoms with Crippen molar-refractivity contribution in [2.75, 3.05) is 13.2 Å². The number of hydrogen-bond donors (Lipinski definition) is 5. The molecule has 48 heavy (non-hydrogen) atoms. The first kappa shape index (κ1) is 35.7. The van der Waals surface area contributed by atoms with Crippen LogP contribution in [0.2, 0.25) is 0 Å². The van der Waals surface area contributed by atoms with Gasteiger partial charge < -0.3 is 30.5 Å². The summed E-state index contributed by atoms with van der Waals surface area (Å²) in [6.45, 7) is 16.9. The van der Waals surface area contributed by atoms with E-state index in [1.807, 2.05) is 26.0 Å². The maximum Gasteiger partial charge on any atom is 0.159 e. The molecule has 8 heteroatoms. The molecule has 266 valence electrons. The van der Waals surface area contributed by atoms with Crippen LogP contribution >= 0.6 is 0 Å². The van der Waals surface area contributed by atoms with Crippen LogP contribution in [0, 0.1) is 39.4 Å². The summed E-state index contributed by atoms with van der Waals surface area (Å²) in [4.78, 5) is 28.7. The van der Waals surface area contributed by atoms with Crippen molar-refractivity contribution in [3.8, 4) is 5.75 Å². The Labute approximate surface area is 286 Å². The van der Waals surface area contributed by atoms with Gasteiger partial charge in [0.2, 0.25) is 0 Å². The quantitative estimate of drug-likeness (QED) is 0.208. The number of nitrogens with one attached hydrogen (secondary N) is 1. The van der Waals surface area contributed by atoms with E-state index in [1.165, 1.54) is 5.57 Å². The Kier molecular flexibility index (Phi) is 8.93. The third kappa shape index (κ3) is 5.35. The fourth-order valence-corrected chi connectivity index (χ4v) is 12.4. The second kappa shape index (κ2) is 12.0. The van der Waals surface area contributed by atoms with E-state index < -0.39 is 34.4 Å². The number of benzene rings is 1. The molecule has 0 unspecified atom stereocenters. The Morgan fingerprint density at radius 1 is 1.04 bits per heavy atom. The molecule has 6 rings (SSSR count). The molecular formula is C40H59NO7. The van der Waals surface area contributed by atoms with Gasteiger partial charge in [-0.2, -0.15) is 0 Å². The molecule has 0 amide bonds. The minimum absolute atomic E-state index is 0.00651. The Balaban J connectivity index is 1.47. The number of phenolic OH excluding ortho intramolecular Hbond substituents is 1. The molecular weight excluding hydrogens is 606 g/mol. The highest BCUT2D eigenvalue weighted by Gasteiger charge is 2.72. The smallest absolute Gasteiger partial charge is 0.159 e. The number of epoxide rings is 1. The monoisotopic (exact) mass is 665 g/mol. The largest absolute Gasteiger partial charge is 0.508 e. The molecule has 4 fully saturated rings. The van der Waals surface area contributed by atoms with Crippen molar-refractivity contribution in [2.45, 2.75) is 136 Å².